The highest BCUT2D eigenvalue weighted by Crippen LogP contribution is 2.17. The molecule has 1 aliphatic heterocycles. The molecule has 6 nitrogen and oxygen atoms in total. The van der Waals surface area contributed by atoms with Crippen molar-refractivity contribution in [1.82, 2.24) is 30.2 Å². The lowest BCUT2D eigenvalue weighted by atomic mass is 10.1. The fourth-order valence-electron chi connectivity index (χ4n) is 3.02. The topological polar surface area (TPSA) is 58.9 Å². The molecule has 0 unspecified atom stereocenters. The maximum atomic E-state index is 4.41. The molecule has 1 N–H and O–H groups in total. The average Bonchev–Trinajstić information content (AvgIpc) is 3.05. The van der Waals surface area contributed by atoms with Crippen molar-refractivity contribution in [3.63, 3.8) is 0 Å². The lowest BCUT2D eigenvalue weighted by Crippen LogP contribution is -2.31. The van der Waals surface area contributed by atoms with E-state index in [4.69, 9.17) is 0 Å². The van der Waals surface area contributed by atoms with Crippen molar-refractivity contribution in [2.24, 2.45) is 0 Å². The van der Waals surface area contributed by atoms with Crippen LogP contribution in [0.3, 0.4) is 0 Å². The molecule has 1 saturated heterocycles. The van der Waals surface area contributed by atoms with Crippen LogP contribution in [0.15, 0.2) is 30.6 Å². The quantitative estimate of drug-likeness (QED) is 0.879. The number of pyridine rings is 1. The van der Waals surface area contributed by atoms with Gasteiger partial charge in [-0.25, -0.2) is 4.68 Å². The second kappa shape index (κ2) is 7.66. The van der Waals surface area contributed by atoms with Crippen LogP contribution in [-0.2, 0) is 13.0 Å². The molecule has 0 spiro atoms. The van der Waals surface area contributed by atoms with Crippen LogP contribution in [0.2, 0.25) is 0 Å². The number of hydrogen-bond acceptors (Lipinski definition) is 5. The van der Waals surface area contributed by atoms with Crippen LogP contribution in [0.25, 0.3) is 0 Å². The number of piperidine rings is 1. The predicted molar refractivity (Wildman–Crippen MR) is 90.0 cm³/mol. The third kappa shape index (κ3) is 4.36. The molecule has 1 fully saturated rings. The molecule has 3 heterocycles. The molecule has 23 heavy (non-hydrogen) atoms. The number of nitrogens with zero attached hydrogens (tertiary/aromatic N) is 5. The van der Waals surface area contributed by atoms with Crippen molar-refractivity contribution in [3.8, 4) is 0 Å². The van der Waals surface area contributed by atoms with Gasteiger partial charge >= 0.3 is 0 Å². The summed E-state index contributed by atoms with van der Waals surface area (Å²) >= 11 is 0. The van der Waals surface area contributed by atoms with Gasteiger partial charge < -0.3 is 5.32 Å². The molecule has 0 bridgehead atoms. The van der Waals surface area contributed by atoms with E-state index in [9.17, 15) is 0 Å². The van der Waals surface area contributed by atoms with Crippen molar-refractivity contribution in [1.29, 1.82) is 0 Å². The summed E-state index contributed by atoms with van der Waals surface area (Å²) in [6.07, 6.45) is 7.18. The standard InChI is InChI=1S/C17H26N6/c1-14(11-15-5-3-4-8-19-15)22(2)12-16-13-23(21-20-16)17-6-9-18-10-7-17/h3-5,8,13-14,17-18H,6-7,9-12H2,1-2H3/t14-/m1/s1. The molecule has 0 aromatic carbocycles. The fraction of sp³-hybridized carbons (Fsp3) is 0.588. The van der Waals surface area contributed by atoms with Crippen molar-refractivity contribution >= 4 is 0 Å². The van der Waals surface area contributed by atoms with Crippen LogP contribution < -0.4 is 5.32 Å². The van der Waals surface area contributed by atoms with Crippen LogP contribution >= 0.6 is 0 Å². The zero-order valence-electron chi connectivity index (χ0n) is 14.0. The summed E-state index contributed by atoms with van der Waals surface area (Å²) in [4.78, 5) is 6.72. The first-order valence-electron chi connectivity index (χ1n) is 8.44. The van der Waals surface area contributed by atoms with Crippen LogP contribution in [0, 0.1) is 0 Å². The Balaban J connectivity index is 1.55. The number of likely N-dealkylation sites (N-methyl/N-ethyl adjacent to an activating group) is 1. The summed E-state index contributed by atoms with van der Waals surface area (Å²) in [6, 6.07) is 6.98. The van der Waals surface area contributed by atoms with Crippen molar-refractivity contribution in [2.75, 3.05) is 20.1 Å². The van der Waals surface area contributed by atoms with Crippen LogP contribution in [0.5, 0.6) is 0 Å². The zero-order chi connectivity index (χ0) is 16.1. The van der Waals surface area contributed by atoms with E-state index in [1.807, 2.05) is 23.0 Å². The lowest BCUT2D eigenvalue weighted by molar-refractivity contribution is 0.244. The summed E-state index contributed by atoms with van der Waals surface area (Å²) in [5, 5.41) is 12.1. The first-order valence-corrected chi connectivity index (χ1v) is 8.44. The maximum absolute atomic E-state index is 4.41. The highest BCUT2D eigenvalue weighted by Gasteiger charge is 2.18. The van der Waals surface area contributed by atoms with E-state index in [1.54, 1.807) is 0 Å². The molecule has 1 aliphatic rings. The van der Waals surface area contributed by atoms with E-state index in [1.165, 1.54) is 0 Å². The number of rotatable bonds is 6. The minimum atomic E-state index is 0.411. The SMILES string of the molecule is C[C@H](Cc1ccccn1)N(C)Cc1cn(C2CCNCC2)nn1. The average molecular weight is 314 g/mol. The van der Waals surface area contributed by atoms with Gasteiger partial charge in [-0.3, -0.25) is 9.88 Å². The van der Waals surface area contributed by atoms with E-state index < -0.39 is 0 Å². The largest absolute Gasteiger partial charge is 0.317 e. The van der Waals surface area contributed by atoms with Gasteiger partial charge in [-0.05, 0) is 52.0 Å². The zero-order valence-corrected chi connectivity index (χ0v) is 14.0. The first kappa shape index (κ1) is 16.1. The molecule has 0 amide bonds. The minimum absolute atomic E-state index is 0.411. The second-order valence-corrected chi connectivity index (χ2v) is 6.46. The smallest absolute Gasteiger partial charge is 0.0967 e. The van der Waals surface area contributed by atoms with E-state index in [-0.39, 0.29) is 0 Å². The van der Waals surface area contributed by atoms with Crippen molar-refractivity contribution < 1.29 is 0 Å². The summed E-state index contributed by atoms with van der Waals surface area (Å²) in [6.45, 7) is 5.19. The van der Waals surface area contributed by atoms with Gasteiger partial charge in [0.15, 0.2) is 0 Å². The Morgan fingerprint density at radius 1 is 1.30 bits per heavy atom. The number of hydrogen-bond donors (Lipinski definition) is 1. The highest BCUT2D eigenvalue weighted by atomic mass is 15.4. The van der Waals surface area contributed by atoms with Gasteiger partial charge in [0.05, 0.1) is 17.9 Å². The molecule has 3 rings (SSSR count). The molecule has 1 atom stereocenters. The van der Waals surface area contributed by atoms with Gasteiger partial charge in [-0.2, -0.15) is 0 Å². The Morgan fingerprint density at radius 3 is 2.87 bits per heavy atom. The third-order valence-corrected chi connectivity index (χ3v) is 4.64. The van der Waals surface area contributed by atoms with E-state index >= 15 is 0 Å². The van der Waals surface area contributed by atoms with Gasteiger partial charge in [0.2, 0.25) is 0 Å². The molecule has 0 radical (unpaired) electrons. The fourth-order valence-corrected chi connectivity index (χ4v) is 3.02. The Bertz CT molecular complexity index is 590. The van der Waals surface area contributed by atoms with Gasteiger partial charge in [-0.1, -0.05) is 11.3 Å². The highest BCUT2D eigenvalue weighted by molar-refractivity contribution is 5.05. The van der Waals surface area contributed by atoms with Gasteiger partial charge in [0.25, 0.3) is 0 Å². The number of aromatic nitrogens is 4. The molecule has 6 heteroatoms. The molecular weight excluding hydrogens is 288 g/mol. The van der Waals surface area contributed by atoms with Crippen molar-refractivity contribution in [2.45, 2.75) is 44.8 Å². The Morgan fingerprint density at radius 2 is 2.13 bits per heavy atom. The van der Waals surface area contributed by atoms with E-state index in [0.29, 0.717) is 12.1 Å². The Labute approximate surface area is 137 Å². The predicted octanol–water partition coefficient (Wildman–Crippen LogP) is 1.66. The molecule has 124 valence electrons. The van der Waals surface area contributed by atoms with Gasteiger partial charge in [-0.15, -0.1) is 5.10 Å². The van der Waals surface area contributed by atoms with E-state index in [2.05, 4.69) is 51.7 Å². The normalized spacial score (nSPS) is 17.5. The maximum Gasteiger partial charge on any atom is 0.0967 e. The first-order chi connectivity index (χ1) is 11.2. The summed E-state index contributed by atoms with van der Waals surface area (Å²) in [7, 11) is 2.14. The molecule has 0 aliphatic carbocycles. The second-order valence-electron chi connectivity index (χ2n) is 6.46. The van der Waals surface area contributed by atoms with Gasteiger partial charge in [0, 0.05) is 30.9 Å². The lowest BCUT2D eigenvalue weighted by Gasteiger charge is -2.23. The van der Waals surface area contributed by atoms with Gasteiger partial charge in [0.1, 0.15) is 0 Å². The molecule has 0 saturated carbocycles. The van der Waals surface area contributed by atoms with Crippen molar-refractivity contribution in [3.05, 3.63) is 42.0 Å². The van der Waals surface area contributed by atoms with Crippen LogP contribution in [-0.4, -0.2) is 51.1 Å². The minimum Gasteiger partial charge on any atom is -0.317 e. The summed E-state index contributed by atoms with van der Waals surface area (Å²) < 4.78 is 2.05. The van der Waals surface area contributed by atoms with E-state index in [0.717, 1.165) is 50.3 Å². The molecule has 2 aromatic rings. The Kier molecular flexibility index (Phi) is 5.35. The summed E-state index contributed by atoms with van der Waals surface area (Å²) in [5.74, 6) is 0. The summed E-state index contributed by atoms with van der Waals surface area (Å²) in [5.41, 5.74) is 2.17. The number of nitrogens with one attached hydrogen (secondary N) is 1. The van der Waals surface area contributed by atoms with Crippen LogP contribution in [0.1, 0.15) is 37.2 Å². The van der Waals surface area contributed by atoms with Crippen LogP contribution in [0.4, 0.5) is 0 Å². The Hall–Kier alpha value is -1.79. The molecular formula is C17H26N6. The molecule has 2 aromatic heterocycles. The third-order valence-electron chi connectivity index (χ3n) is 4.64. The monoisotopic (exact) mass is 314 g/mol.